The van der Waals surface area contributed by atoms with E-state index in [9.17, 15) is 26.3 Å². The number of hydrogen-bond donors (Lipinski definition) is 0. The summed E-state index contributed by atoms with van der Waals surface area (Å²) in [6, 6.07) is 0. The summed E-state index contributed by atoms with van der Waals surface area (Å²) in [4.78, 5) is 0. The summed E-state index contributed by atoms with van der Waals surface area (Å²) in [5, 5.41) is -5.09. The lowest BCUT2D eigenvalue weighted by Crippen LogP contribution is -2.29. The lowest BCUT2D eigenvalue weighted by Gasteiger charge is -2.10. The van der Waals surface area contributed by atoms with Crippen LogP contribution < -0.4 is 0 Å². The molecule has 0 amide bonds. The van der Waals surface area contributed by atoms with Gasteiger partial charge in [0.25, 0.3) is 0 Å². The first-order valence-electron chi connectivity index (χ1n) is 2.40. The van der Waals surface area contributed by atoms with Crippen molar-refractivity contribution in [2.24, 2.45) is 0 Å². The summed E-state index contributed by atoms with van der Waals surface area (Å²) < 4.78 is 64.5. The Labute approximate surface area is 74.4 Å². The predicted molar refractivity (Wildman–Crippen MR) is 33.3 cm³/mol. The largest absolute Gasteiger partial charge is 0.469 e. The first-order chi connectivity index (χ1) is 4.98. The normalized spacial score (nSPS) is 14.8. The molecule has 0 saturated heterocycles. The van der Waals surface area contributed by atoms with E-state index in [1.807, 2.05) is 0 Å². The highest BCUT2D eigenvalue weighted by molar-refractivity contribution is 6.22. The molecule has 0 aliphatic rings. The van der Waals surface area contributed by atoms with Crippen LogP contribution in [0, 0.1) is 0 Å². The van der Waals surface area contributed by atoms with Gasteiger partial charge in [0, 0.05) is 0 Å². The molecular formula is C4H4Cl2F6. The van der Waals surface area contributed by atoms with E-state index in [2.05, 4.69) is 23.2 Å². The number of alkyl halides is 8. The highest BCUT2D eigenvalue weighted by atomic mass is 35.5. The Bertz CT molecular complexity index is 98.9. The van der Waals surface area contributed by atoms with Gasteiger partial charge in [-0.25, -0.2) is 4.39 Å². The third-order valence-electron chi connectivity index (χ3n) is 0.321. The molecule has 0 aromatic heterocycles. The maximum atomic E-state index is 10.9. The average molecular weight is 237 g/mol. The molecule has 0 spiro atoms. The van der Waals surface area contributed by atoms with Crippen LogP contribution in [0.2, 0.25) is 0 Å². The fourth-order valence-corrected chi connectivity index (χ4v) is 0. The molecule has 0 radical (unpaired) electrons. The molecule has 0 aromatic rings. The van der Waals surface area contributed by atoms with Crippen LogP contribution in [0.5, 0.6) is 0 Å². The van der Waals surface area contributed by atoms with Crippen LogP contribution in [-0.2, 0) is 0 Å². The van der Waals surface area contributed by atoms with Crippen molar-refractivity contribution in [1.29, 1.82) is 0 Å². The summed E-state index contributed by atoms with van der Waals surface area (Å²) in [7, 11) is 0. The van der Waals surface area contributed by atoms with Crippen LogP contribution in [-0.4, -0.2) is 17.2 Å². The molecule has 1 unspecified atom stereocenters. The average Bonchev–Trinajstić information content (AvgIpc) is 1.55. The quantitative estimate of drug-likeness (QED) is 0.442. The van der Waals surface area contributed by atoms with Gasteiger partial charge in [0.05, 0.1) is 0 Å². The molecule has 0 aliphatic carbocycles. The van der Waals surface area contributed by atoms with E-state index in [4.69, 9.17) is 0 Å². The molecule has 0 fully saturated rings. The van der Waals surface area contributed by atoms with E-state index >= 15 is 0 Å². The first-order valence-corrected chi connectivity index (χ1v) is 3.21. The molecule has 1 atom stereocenters. The summed E-state index contributed by atoms with van der Waals surface area (Å²) in [5.74, 6) is 0. The minimum Gasteiger partial charge on any atom is -0.230 e. The van der Waals surface area contributed by atoms with Gasteiger partial charge in [-0.3, -0.25) is 0 Å². The highest BCUT2D eigenvalue weighted by Gasteiger charge is 2.56. The second-order valence-corrected chi connectivity index (χ2v) is 2.59. The number of rotatable bonds is 0. The van der Waals surface area contributed by atoms with E-state index in [1.165, 1.54) is 6.92 Å². The summed E-state index contributed by atoms with van der Waals surface area (Å²) in [6.45, 7) is 1.27. The van der Waals surface area contributed by atoms with Crippen molar-refractivity contribution in [3.05, 3.63) is 0 Å². The molecule has 0 nitrogen and oxygen atoms in total. The van der Waals surface area contributed by atoms with E-state index in [1.54, 1.807) is 0 Å². The standard InChI is InChI=1S/C2ClF5.C2H4ClF/c3-1(4,5)2(6,7)8;1-2(3)4/h;2H,1H3. The van der Waals surface area contributed by atoms with Gasteiger partial charge < -0.3 is 0 Å². The summed E-state index contributed by atoms with van der Waals surface area (Å²) in [5.41, 5.74) is -1.19. The lowest BCUT2D eigenvalue weighted by atomic mass is 10.7. The second kappa shape index (κ2) is 5.01. The first kappa shape index (κ1) is 14.7. The molecule has 8 heteroatoms. The third kappa shape index (κ3) is 10.2. The SMILES string of the molecule is CC(F)Cl.FC(F)(F)C(F)(F)Cl. The minimum absolute atomic E-state index is 1.19. The molecule has 12 heavy (non-hydrogen) atoms. The molecule has 0 rings (SSSR count). The summed E-state index contributed by atoms with van der Waals surface area (Å²) in [6.07, 6.45) is -5.63. The van der Waals surface area contributed by atoms with Gasteiger partial charge >= 0.3 is 11.6 Å². The zero-order valence-electron chi connectivity index (χ0n) is 5.60. The van der Waals surface area contributed by atoms with Crippen LogP contribution in [0.4, 0.5) is 26.3 Å². The molecular weight excluding hydrogens is 233 g/mol. The Kier molecular flexibility index (Phi) is 6.13. The fourth-order valence-electron chi connectivity index (χ4n) is 0. The van der Waals surface area contributed by atoms with Crippen LogP contribution in [0.25, 0.3) is 0 Å². The molecule has 0 bridgehead atoms. The van der Waals surface area contributed by atoms with Crippen LogP contribution in [0.1, 0.15) is 6.92 Å². The lowest BCUT2D eigenvalue weighted by molar-refractivity contribution is -0.241. The van der Waals surface area contributed by atoms with Crippen molar-refractivity contribution in [2.45, 2.75) is 24.1 Å². The van der Waals surface area contributed by atoms with Gasteiger partial charge in [-0.1, -0.05) is 11.6 Å². The zero-order valence-corrected chi connectivity index (χ0v) is 7.11. The Balaban J connectivity index is 0. The van der Waals surface area contributed by atoms with Gasteiger partial charge in [0.15, 0.2) is 5.63 Å². The van der Waals surface area contributed by atoms with Crippen molar-refractivity contribution in [3.8, 4) is 0 Å². The smallest absolute Gasteiger partial charge is 0.230 e. The van der Waals surface area contributed by atoms with E-state index in [0.29, 0.717) is 0 Å². The van der Waals surface area contributed by atoms with Crippen LogP contribution in [0.3, 0.4) is 0 Å². The van der Waals surface area contributed by atoms with Gasteiger partial charge in [0.1, 0.15) is 0 Å². The van der Waals surface area contributed by atoms with Crippen LogP contribution >= 0.6 is 23.2 Å². The molecule has 0 aliphatic heterocycles. The Morgan fingerprint density at radius 2 is 1.17 bits per heavy atom. The van der Waals surface area contributed by atoms with Gasteiger partial charge in [0.2, 0.25) is 0 Å². The van der Waals surface area contributed by atoms with Gasteiger partial charge in [-0.15, -0.1) is 0 Å². The van der Waals surface area contributed by atoms with E-state index in [0.717, 1.165) is 0 Å². The third-order valence-corrected chi connectivity index (χ3v) is 0.536. The van der Waals surface area contributed by atoms with Gasteiger partial charge in [-0.05, 0) is 18.5 Å². The Morgan fingerprint density at radius 1 is 1.08 bits per heavy atom. The van der Waals surface area contributed by atoms with Gasteiger partial charge in [-0.2, -0.15) is 22.0 Å². The predicted octanol–water partition coefficient (Wildman–Crippen LogP) is 3.92. The zero-order chi connectivity index (χ0) is 10.6. The van der Waals surface area contributed by atoms with Crippen molar-refractivity contribution in [3.63, 3.8) is 0 Å². The highest BCUT2D eigenvalue weighted by Crippen LogP contribution is 2.38. The summed E-state index contributed by atoms with van der Waals surface area (Å²) >= 11 is 8.16. The molecule has 76 valence electrons. The van der Waals surface area contributed by atoms with E-state index < -0.39 is 17.2 Å². The maximum Gasteiger partial charge on any atom is 0.469 e. The minimum atomic E-state index is -5.63. The second-order valence-electron chi connectivity index (χ2n) is 1.51. The topological polar surface area (TPSA) is 0 Å². The Hall–Kier alpha value is 0.160. The van der Waals surface area contributed by atoms with Crippen LogP contribution in [0.15, 0.2) is 0 Å². The van der Waals surface area contributed by atoms with Crippen molar-refractivity contribution in [1.82, 2.24) is 0 Å². The van der Waals surface area contributed by atoms with E-state index in [-0.39, 0.29) is 0 Å². The number of hydrogen-bond acceptors (Lipinski definition) is 0. The number of halogens is 8. The maximum absolute atomic E-state index is 10.9. The Morgan fingerprint density at radius 3 is 1.17 bits per heavy atom. The monoisotopic (exact) mass is 236 g/mol. The molecule has 0 aromatic carbocycles. The van der Waals surface area contributed by atoms with Crippen molar-refractivity contribution < 1.29 is 26.3 Å². The molecule has 0 N–H and O–H groups in total. The molecule has 0 heterocycles. The van der Waals surface area contributed by atoms with Crippen molar-refractivity contribution in [2.75, 3.05) is 0 Å². The molecule has 0 saturated carbocycles. The fraction of sp³-hybridized carbons (Fsp3) is 1.00. The van der Waals surface area contributed by atoms with Crippen molar-refractivity contribution >= 4 is 23.2 Å².